The van der Waals surface area contributed by atoms with Gasteiger partial charge in [0.15, 0.2) is 0 Å². The SMILES string of the molecule is O=C(C(=O)N1CCCC(O)C1)c1c[nH]c2ccccc12. The Labute approximate surface area is 116 Å². The molecule has 0 bridgehead atoms. The van der Waals surface area contributed by atoms with E-state index < -0.39 is 17.8 Å². The molecule has 1 aliphatic heterocycles. The molecular weight excluding hydrogens is 256 g/mol. The number of likely N-dealkylation sites (tertiary alicyclic amines) is 1. The van der Waals surface area contributed by atoms with Crippen LogP contribution in [-0.4, -0.2) is 45.9 Å². The number of benzene rings is 1. The summed E-state index contributed by atoms with van der Waals surface area (Å²) < 4.78 is 0. The molecule has 0 spiro atoms. The fourth-order valence-electron chi connectivity index (χ4n) is 2.66. The van der Waals surface area contributed by atoms with E-state index in [1.165, 1.54) is 4.90 Å². The topological polar surface area (TPSA) is 73.4 Å². The molecule has 3 rings (SSSR count). The van der Waals surface area contributed by atoms with Gasteiger partial charge >= 0.3 is 0 Å². The molecule has 0 aliphatic carbocycles. The Morgan fingerprint density at radius 1 is 1.30 bits per heavy atom. The van der Waals surface area contributed by atoms with Gasteiger partial charge in [-0.05, 0) is 18.9 Å². The van der Waals surface area contributed by atoms with Crippen molar-refractivity contribution in [3.8, 4) is 0 Å². The van der Waals surface area contributed by atoms with E-state index in [1.54, 1.807) is 6.20 Å². The van der Waals surface area contributed by atoms with Crippen LogP contribution in [0.25, 0.3) is 10.9 Å². The number of piperidine rings is 1. The summed E-state index contributed by atoms with van der Waals surface area (Å²) >= 11 is 0. The minimum absolute atomic E-state index is 0.243. The van der Waals surface area contributed by atoms with Crippen LogP contribution in [0.1, 0.15) is 23.2 Å². The van der Waals surface area contributed by atoms with Crippen molar-refractivity contribution in [2.45, 2.75) is 18.9 Å². The number of ketones is 1. The second-order valence-corrected chi connectivity index (χ2v) is 5.12. The first kappa shape index (κ1) is 12.9. The van der Waals surface area contributed by atoms with Gasteiger partial charge in [0.1, 0.15) is 0 Å². The van der Waals surface area contributed by atoms with Crippen LogP contribution in [0.2, 0.25) is 0 Å². The van der Waals surface area contributed by atoms with Crippen LogP contribution in [0.3, 0.4) is 0 Å². The van der Waals surface area contributed by atoms with Gasteiger partial charge in [0.25, 0.3) is 11.7 Å². The number of aliphatic hydroxyl groups is 1. The molecule has 2 N–H and O–H groups in total. The third-order valence-corrected chi connectivity index (χ3v) is 3.71. The molecule has 2 heterocycles. The van der Waals surface area contributed by atoms with E-state index in [9.17, 15) is 14.7 Å². The molecule has 20 heavy (non-hydrogen) atoms. The first-order valence-corrected chi connectivity index (χ1v) is 6.74. The number of hydrogen-bond acceptors (Lipinski definition) is 3. The average molecular weight is 272 g/mol. The molecule has 2 aromatic rings. The maximum Gasteiger partial charge on any atom is 0.295 e. The average Bonchev–Trinajstić information content (AvgIpc) is 2.89. The lowest BCUT2D eigenvalue weighted by atomic mass is 10.1. The number of hydrogen-bond donors (Lipinski definition) is 2. The fourth-order valence-corrected chi connectivity index (χ4v) is 2.66. The summed E-state index contributed by atoms with van der Waals surface area (Å²) in [4.78, 5) is 29.0. The Bertz CT molecular complexity index is 662. The molecule has 1 fully saturated rings. The molecule has 1 aliphatic rings. The molecule has 5 nitrogen and oxygen atoms in total. The van der Waals surface area contributed by atoms with Crippen molar-refractivity contribution in [3.63, 3.8) is 0 Å². The van der Waals surface area contributed by atoms with Gasteiger partial charge in [-0.25, -0.2) is 0 Å². The van der Waals surface area contributed by atoms with Crippen LogP contribution in [0.15, 0.2) is 30.5 Å². The Morgan fingerprint density at radius 2 is 2.10 bits per heavy atom. The zero-order valence-electron chi connectivity index (χ0n) is 11.0. The second-order valence-electron chi connectivity index (χ2n) is 5.12. The smallest absolute Gasteiger partial charge is 0.295 e. The number of nitrogens with zero attached hydrogens (tertiary/aromatic N) is 1. The lowest BCUT2D eigenvalue weighted by molar-refractivity contribution is -0.129. The van der Waals surface area contributed by atoms with Gasteiger partial charge in [-0.2, -0.15) is 0 Å². The summed E-state index contributed by atoms with van der Waals surface area (Å²) in [5, 5.41) is 10.4. The number of aromatic nitrogens is 1. The number of nitrogens with one attached hydrogen (secondary N) is 1. The van der Waals surface area contributed by atoms with Crippen molar-refractivity contribution >= 4 is 22.6 Å². The van der Waals surface area contributed by atoms with Crippen LogP contribution in [-0.2, 0) is 4.79 Å². The molecule has 0 radical (unpaired) electrons. The number of Topliss-reactive ketones (excluding diaryl/α,β-unsaturated/α-hetero) is 1. The van der Waals surface area contributed by atoms with Gasteiger partial charge in [-0.15, -0.1) is 0 Å². The summed E-state index contributed by atoms with van der Waals surface area (Å²) in [6.45, 7) is 0.775. The van der Waals surface area contributed by atoms with Crippen molar-refractivity contribution in [2.24, 2.45) is 0 Å². The van der Waals surface area contributed by atoms with E-state index in [0.29, 0.717) is 18.5 Å². The standard InChI is InChI=1S/C15H16N2O3/c18-10-4-3-7-17(9-10)15(20)14(19)12-8-16-13-6-2-1-5-11(12)13/h1-2,5-6,8,10,16,18H,3-4,7,9H2. The van der Waals surface area contributed by atoms with Gasteiger partial charge in [-0.1, -0.05) is 18.2 Å². The first-order valence-electron chi connectivity index (χ1n) is 6.74. The van der Waals surface area contributed by atoms with Crippen LogP contribution < -0.4 is 0 Å². The van der Waals surface area contributed by atoms with E-state index >= 15 is 0 Å². The Kier molecular flexibility index (Phi) is 3.28. The number of carbonyl (C=O) groups is 2. The van der Waals surface area contributed by atoms with Gasteiger partial charge in [-0.3, -0.25) is 9.59 Å². The number of aromatic amines is 1. The summed E-state index contributed by atoms with van der Waals surface area (Å²) in [7, 11) is 0. The van der Waals surface area contributed by atoms with Crippen molar-refractivity contribution in [3.05, 3.63) is 36.0 Å². The van der Waals surface area contributed by atoms with Gasteiger partial charge in [0, 0.05) is 30.2 Å². The van der Waals surface area contributed by atoms with Crippen LogP contribution in [0.5, 0.6) is 0 Å². The highest BCUT2D eigenvalue weighted by Crippen LogP contribution is 2.20. The first-order chi connectivity index (χ1) is 9.66. The molecule has 0 saturated carbocycles. The number of aliphatic hydroxyl groups excluding tert-OH is 1. The lowest BCUT2D eigenvalue weighted by Gasteiger charge is -2.29. The number of β-amino-alcohol motifs (C(OH)–C–C–N with tert-alkyl or cyclic N) is 1. The molecule has 1 aromatic carbocycles. The third kappa shape index (κ3) is 2.20. The lowest BCUT2D eigenvalue weighted by Crippen LogP contribution is -2.45. The van der Waals surface area contributed by atoms with E-state index in [0.717, 1.165) is 17.3 Å². The third-order valence-electron chi connectivity index (χ3n) is 3.71. The second kappa shape index (κ2) is 5.09. The van der Waals surface area contributed by atoms with Crippen LogP contribution >= 0.6 is 0 Å². The highest BCUT2D eigenvalue weighted by atomic mass is 16.3. The van der Waals surface area contributed by atoms with Crippen molar-refractivity contribution < 1.29 is 14.7 Å². The fraction of sp³-hybridized carbons (Fsp3) is 0.333. The van der Waals surface area contributed by atoms with Crippen molar-refractivity contribution in [1.29, 1.82) is 0 Å². The minimum Gasteiger partial charge on any atom is -0.391 e. The summed E-state index contributed by atoms with van der Waals surface area (Å²) in [6.07, 6.45) is 2.47. The zero-order valence-corrected chi connectivity index (χ0v) is 11.0. The summed E-state index contributed by atoms with van der Waals surface area (Å²) in [6, 6.07) is 7.39. The minimum atomic E-state index is -0.534. The van der Waals surface area contributed by atoms with Gasteiger partial charge in [0.05, 0.1) is 11.7 Å². The van der Waals surface area contributed by atoms with Gasteiger partial charge < -0.3 is 15.0 Å². The highest BCUT2D eigenvalue weighted by Gasteiger charge is 2.28. The molecule has 104 valence electrons. The number of para-hydroxylation sites is 1. The van der Waals surface area contributed by atoms with E-state index in [4.69, 9.17) is 0 Å². The van der Waals surface area contributed by atoms with E-state index in [-0.39, 0.29) is 6.54 Å². The molecule has 1 aromatic heterocycles. The Hall–Kier alpha value is -2.14. The van der Waals surface area contributed by atoms with Crippen LogP contribution in [0, 0.1) is 0 Å². The highest BCUT2D eigenvalue weighted by molar-refractivity contribution is 6.44. The molecule has 5 heteroatoms. The molecule has 1 atom stereocenters. The van der Waals surface area contributed by atoms with Crippen molar-refractivity contribution in [2.75, 3.05) is 13.1 Å². The molecular formula is C15H16N2O3. The summed E-state index contributed by atoms with van der Waals surface area (Å²) in [5.74, 6) is -1.05. The largest absolute Gasteiger partial charge is 0.391 e. The monoisotopic (exact) mass is 272 g/mol. The normalized spacial score (nSPS) is 19.2. The quantitative estimate of drug-likeness (QED) is 0.640. The Balaban J connectivity index is 1.86. The van der Waals surface area contributed by atoms with Crippen LogP contribution in [0.4, 0.5) is 0 Å². The number of carbonyl (C=O) groups excluding carboxylic acids is 2. The Morgan fingerprint density at radius 3 is 2.90 bits per heavy atom. The van der Waals surface area contributed by atoms with Gasteiger partial charge in [0.2, 0.25) is 0 Å². The van der Waals surface area contributed by atoms with E-state index in [1.807, 2.05) is 24.3 Å². The number of rotatable bonds is 2. The molecule has 1 saturated heterocycles. The summed E-state index contributed by atoms with van der Waals surface area (Å²) in [5.41, 5.74) is 1.23. The number of H-pyrrole nitrogens is 1. The van der Waals surface area contributed by atoms with Crippen molar-refractivity contribution in [1.82, 2.24) is 9.88 Å². The van der Waals surface area contributed by atoms with E-state index in [2.05, 4.69) is 4.98 Å². The molecule has 1 amide bonds. The maximum absolute atomic E-state index is 12.3. The zero-order chi connectivity index (χ0) is 14.1. The predicted octanol–water partition coefficient (Wildman–Crippen LogP) is 1.33. The predicted molar refractivity (Wildman–Crippen MR) is 74.5 cm³/mol. The number of fused-ring (bicyclic) bond motifs is 1. The molecule has 1 unspecified atom stereocenters. The maximum atomic E-state index is 12.3. The number of amides is 1.